The van der Waals surface area contributed by atoms with Crippen molar-refractivity contribution in [2.24, 2.45) is 0 Å². The van der Waals surface area contributed by atoms with Gasteiger partial charge in [0.1, 0.15) is 0 Å². The number of thiazole rings is 1. The zero-order valence-corrected chi connectivity index (χ0v) is 14.8. The summed E-state index contributed by atoms with van der Waals surface area (Å²) in [5.41, 5.74) is 1.11. The minimum atomic E-state index is 0.180. The van der Waals surface area contributed by atoms with Crippen LogP contribution in [-0.2, 0) is 9.59 Å². The van der Waals surface area contributed by atoms with Crippen LogP contribution in [0.2, 0.25) is 0 Å². The maximum Gasteiger partial charge on any atom is 0.224 e. The largest absolute Gasteiger partial charge is 0.342 e. The Balaban J connectivity index is 1.55. The fourth-order valence-corrected chi connectivity index (χ4v) is 4.46. The van der Waals surface area contributed by atoms with E-state index in [1.165, 1.54) is 9.88 Å². The van der Waals surface area contributed by atoms with E-state index in [2.05, 4.69) is 11.9 Å². The molecule has 0 saturated carbocycles. The van der Waals surface area contributed by atoms with E-state index in [4.69, 9.17) is 0 Å². The van der Waals surface area contributed by atoms with Gasteiger partial charge in [-0.25, -0.2) is 4.98 Å². The Kier molecular flexibility index (Phi) is 4.99. The van der Waals surface area contributed by atoms with Crippen LogP contribution in [-0.4, -0.2) is 52.8 Å². The Morgan fingerprint density at radius 3 is 2.78 bits per heavy atom. The molecule has 0 N–H and O–H groups in total. The molecule has 2 aliphatic rings. The predicted octanol–water partition coefficient (Wildman–Crippen LogP) is 2.48. The highest BCUT2D eigenvalue weighted by molar-refractivity contribution is 7.11. The topological polar surface area (TPSA) is 53.5 Å². The Bertz CT molecular complexity index is 579. The van der Waals surface area contributed by atoms with E-state index >= 15 is 0 Å². The van der Waals surface area contributed by atoms with Crippen LogP contribution >= 0.6 is 11.3 Å². The van der Waals surface area contributed by atoms with E-state index in [0.717, 1.165) is 44.6 Å². The molecule has 1 aromatic rings. The number of piperidine rings is 1. The summed E-state index contributed by atoms with van der Waals surface area (Å²) >= 11 is 1.77. The molecule has 126 valence electrons. The van der Waals surface area contributed by atoms with Crippen molar-refractivity contribution in [3.63, 3.8) is 0 Å². The smallest absolute Gasteiger partial charge is 0.224 e. The van der Waals surface area contributed by atoms with Crippen LogP contribution in [0.3, 0.4) is 0 Å². The number of hydrogen-bond acceptors (Lipinski definition) is 4. The molecular weight excluding hydrogens is 310 g/mol. The summed E-state index contributed by atoms with van der Waals surface area (Å²) < 4.78 is 0. The Morgan fingerprint density at radius 2 is 2.13 bits per heavy atom. The van der Waals surface area contributed by atoms with E-state index in [1.807, 2.05) is 16.7 Å². The maximum absolute atomic E-state index is 12.5. The van der Waals surface area contributed by atoms with Crippen molar-refractivity contribution in [3.05, 3.63) is 15.6 Å². The van der Waals surface area contributed by atoms with Gasteiger partial charge in [0.2, 0.25) is 11.8 Å². The number of carbonyl (C=O) groups excluding carboxylic acids is 2. The van der Waals surface area contributed by atoms with Crippen molar-refractivity contribution < 1.29 is 9.59 Å². The van der Waals surface area contributed by atoms with Crippen LogP contribution in [0.25, 0.3) is 0 Å². The molecule has 3 heterocycles. The van der Waals surface area contributed by atoms with E-state index in [1.54, 1.807) is 11.3 Å². The minimum Gasteiger partial charge on any atom is -0.342 e. The second-order valence-corrected chi connectivity index (χ2v) is 7.84. The molecule has 23 heavy (non-hydrogen) atoms. The summed E-state index contributed by atoms with van der Waals surface area (Å²) in [6, 6.07) is 0. The summed E-state index contributed by atoms with van der Waals surface area (Å²) in [5.74, 6) is 0.751. The van der Waals surface area contributed by atoms with Gasteiger partial charge in [-0.1, -0.05) is 0 Å². The molecule has 2 saturated heterocycles. The Labute approximate surface area is 141 Å². The number of carbonyl (C=O) groups is 2. The first kappa shape index (κ1) is 16.4. The highest BCUT2D eigenvalue weighted by Crippen LogP contribution is 2.31. The molecule has 0 spiro atoms. The summed E-state index contributed by atoms with van der Waals surface area (Å²) in [6.07, 6.45) is 4.18. The first-order valence-corrected chi connectivity index (χ1v) is 9.35. The van der Waals surface area contributed by atoms with Crippen LogP contribution in [0, 0.1) is 13.8 Å². The van der Waals surface area contributed by atoms with E-state index in [9.17, 15) is 9.59 Å². The normalized spacial score (nSPS) is 22.0. The lowest BCUT2D eigenvalue weighted by Gasteiger charge is -2.32. The Morgan fingerprint density at radius 1 is 1.30 bits per heavy atom. The zero-order valence-electron chi connectivity index (χ0n) is 14.0. The number of aryl methyl sites for hydroxylation is 2. The van der Waals surface area contributed by atoms with Gasteiger partial charge in [0.25, 0.3) is 0 Å². The van der Waals surface area contributed by atoms with Gasteiger partial charge in [-0.3, -0.25) is 9.59 Å². The van der Waals surface area contributed by atoms with E-state index < -0.39 is 0 Å². The van der Waals surface area contributed by atoms with Crippen molar-refractivity contribution in [1.82, 2.24) is 14.8 Å². The first-order chi connectivity index (χ1) is 11.0. The molecule has 0 unspecified atom stereocenters. The molecule has 1 atom stereocenters. The molecule has 1 aromatic heterocycles. The molecule has 2 fully saturated rings. The average Bonchev–Trinajstić information content (AvgIpc) is 3.11. The molecule has 6 heteroatoms. The van der Waals surface area contributed by atoms with Crippen molar-refractivity contribution >= 4 is 23.2 Å². The SMILES string of the molecule is Cc1nc([C@@H]2CCCN(C(=O)CCN3CCCC3=O)C2)sc1C. The molecular formula is C17H25N3O2S. The van der Waals surface area contributed by atoms with Crippen LogP contribution in [0.1, 0.15) is 53.6 Å². The fourth-order valence-electron chi connectivity index (χ4n) is 3.41. The third-order valence-corrected chi connectivity index (χ3v) is 6.17. The molecule has 0 radical (unpaired) electrons. The second-order valence-electron chi connectivity index (χ2n) is 6.61. The molecule has 5 nitrogen and oxygen atoms in total. The fraction of sp³-hybridized carbons (Fsp3) is 0.706. The van der Waals surface area contributed by atoms with E-state index in [-0.39, 0.29) is 11.8 Å². The van der Waals surface area contributed by atoms with Gasteiger partial charge in [-0.15, -0.1) is 11.3 Å². The van der Waals surface area contributed by atoms with Crippen molar-refractivity contribution in [2.75, 3.05) is 26.2 Å². The first-order valence-electron chi connectivity index (χ1n) is 8.54. The molecule has 3 rings (SSSR count). The third-order valence-electron chi connectivity index (χ3n) is 4.94. The zero-order chi connectivity index (χ0) is 16.4. The van der Waals surface area contributed by atoms with Gasteiger partial charge >= 0.3 is 0 Å². The lowest BCUT2D eigenvalue weighted by atomic mass is 9.98. The lowest BCUT2D eigenvalue weighted by molar-refractivity contribution is -0.133. The van der Waals surface area contributed by atoms with Crippen molar-refractivity contribution in [2.45, 2.75) is 51.9 Å². The summed E-state index contributed by atoms with van der Waals surface area (Å²) in [7, 11) is 0. The van der Waals surface area contributed by atoms with Crippen molar-refractivity contribution in [1.29, 1.82) is 0 Å². The lowest BCUT2D eigenvalue weighted by Crippen LogP contribution is -2.40. The van der Waals surface area contributed by atoms with Gasteiger partial charge in [-0.05, 0) is 33.1 Å². The predicted molar refractivity (Wildman–Crippen MR) is 90.6 cm³/mol. The molecule has 0 bridgehead atoms. The summed E-state index contributed by atoms with van der Waals surface area (Å²) in [5, 5.41) is 1.17. The number of hydrogen-bond donors (Lipinski definition) is 0. The van der Waals surface area contributed by atoms with Gasteiger partial charge < -0.3 is 9.80 Å². The Hall–Kier alpha value is -1.43. The molecule has 2 amide bonds. The summed E-state index contributed by atoms with van der Waals surface area (Å²) in [4.78, 5) is 33.9. The number of rotatable bonds is 4. The molecule has 0 aromatic carbocycles. The standard InChI is InChI=1S/C17H25N3O2S/c1-12-13(2)23-17(18-12)14-5-3-9-20(11-14)16(22)7-10-19-8-4-6-15(19)21/h14H,3-11H2,1-2H3/t14-/m1/s1. The average molecular weight is 335 g/mol. The molecule has 0 aliphatic carbocycles. The van der Waals surface area contributed by atoms with Crippen molar-refractivity contribution in [3.8, 4) is 0 Å². The maximum atomic E-state index is 12.5. The van der Waals surface area contributed by atoms with Crippen LogP contribution in [0.4, 0.5) is 0 Å². The monoisotopic (exact) mass is 335 g/mol. The number of aromatic nitrogens is 1. The highest BCUT2D eigenvalue weighted by Gasteiger charge is 2.28. The van der Waals surface area contributed by atoms with Gasteiger partial charge in [0.05, 0.1) is 10.7 Å². The quantitative estimate of drug-likeness (QED) is 0.849. The third kappa shape index (κ3) is 3.74. The van der Waals surface area contributed by atoms with Gasteiger partial charge in [0, 0.05) is 49.8 Å². The van der Waals surface area contributed by atoms with Crippen LogP contribution in [0.5, 0.6) is 0 Å². The van der Waals surface area contributed by atoms with Crippen LogP contribution < -0.4 is 0 Å². The van der Waals surface area contributed by atoms with Crippen LogP contribution in [0.15, 0.2) is 0 Å². The second kappa shape index (κ2) is 6.99. The number of nitrogens with zero attached hydrogens (tertiary/aromatic N) is 3. The number of amides is 2. The van der Waals surface area contributed by atoms with Gasteiger partial charge in [-0.2, -0.15) is 0 Å². The summed E-state index contributed by atoms with van der Waals surface area (Å²) in [6.45, 7) is 7.16. The van der Waals surface area contributed by atoms with Gasteiger partial charge in [0.15, 0.2) is 0 Å². The molecule has 2 aliphatic heterocycles. The number of likely N-dealkylation sites (tertiary alicyclic amines) is 2. The minimum absolute atomic E-state index is 0.180. The van der Waals surface area contributed by atoms with E-state index in [0.29, 0.717) is 25.3 Å². The highest BCUT2D eigenvalue weighted by atomic mass is 32.1.